The van der Waals surface area contributed by atoms with Crippen molar-refractivity contribution in [2.75, 3.05) is 0 Å². The zero-order chi connectivity index (χ0) is 10.8. The molecule has 0 aromatic heterocycles. The van der Waals surface area contributed by atoms with Crippen LogP contribution < -0.4 is 5.32 Å². The predicted molar refractivity (Wildman–Crippen MR) is 60.6 cm³/mol. The van der Waals surface area contributed by atoms with Gasteiger partial charge in [0, 0.05) is 10.5 Å². The van der Waals surface area contributed by atoms with Gasteiger partial charge in [-0.1, -0.05) is 12.1 Å². The van der Waals surface area contributed by atoms with Crippen molar-refractivity contribution in [1.29, 1.82) is 0 Å². The van der Waals surface area contributed by atoms with E-state index < -0.39 is 0 Å². The van der Waals surface area contributed by atoms with Gasteiger partial charge in [-0.15, -0.1) is 0 Å². The van der Waals surface area contributed by atoms with Crippen LogP contribution in [0.1, 0.15) is 23.2 Å². The summed E-state index contributed by atoms with van der Waals surface area (Å²) < 4.78 is 0.794. The first-order valence-electron chi connectivity index (χ1n) is 4.90. The van der Waals surface area contributed by atoms with Crippen molar-refractivity contribution < 1.29 is 9.90 Å². The number of aliphatic hydroxyl groups excluding tert-OH is 1. The molecule has 0 radical (unpaired) electrons. The molecule has 0 spiro atoms. The largest absolute Gasteiger partial charge is 0.393 e. The van der Waals surface area contributed by atoms with Gasteiger partial charge in [0.15, 0.2) is 0 Å². The number of hydrogen-bond acceptors (Lipinski definition) is 2. The second kappa shape index (κ2) is 4.33. The number of rotatable bonds is 2. The molecule has 1 saturated carbocycles. The highest BCUT2D eigenvalue weighted by molar-refractivity contribution is 9.10. The number of amides is 1. The molecule has 0 aliphatic heterocycles. The lowest BCUT2D eigenvalue weighted by Crippen LogP contribution is -2.46. The van der Waals surface area contributed by atoms with Gasteiger partial charge in [-0.3, -0.25) is 4.79 Å². The summed E-state index contributed by atoms with van der Waals surface area (Å²) in [6.45, 7) is 0. The number of nitrogens with one attached hydrogen (secondary N) is 1. The fraction of sp³-hybridized carbons (Fsp3) is 0.364. The van der Waals surface area contributed by atoms with E-state index >= 15 is 0 Å². The molecule has 1 aromatic rings. The van der Waals surface area contributed by atoms with Crippen molar-refractivity contribution in [3.8, 4) is 0 Å². The average Bonchev–Trinajstić information content (AvgIpc) is 2.16. The number of benzene rings is 1. The molecule has 15 heavy (non-hydrogen) atoms. The molecule has 2 N–H and O–H groups in total. The van der Waals surface area contributed by atoms with Crippen LogP contribution in [0.25, 0.3) is 0 Å². The molecule has 1 aliphatic carbocycles. The van der Waals surface area contributed by atoms with E-state index in [1.807, 2.05) is 18.2 Å². The van der Waals surface area contributed by atoms with Crippen molar-refractivity contribution in [3.05, 3.63) is 34.3 Å². The lowest BCUT2D eigenvalue weighted by atomic mass is 9.89. The van der Waals surface area contributed by atoms with E-state index in [0.29, 0.717) is 18.4 Å². The zero-order valence-corrected chi connectivity index (χ0v) is 9.70. The average molecular weight is 270 g/mol. The van der Waals surface area contributed by atoms with Gasteiger partial charge in [0.1, 0.15) is 0 Å². The Morgan fingerprint density at radius 2 is 2.07 bits per heavy atom. The summed E-state index contributed by atoms with van der Waals surface area (Å²) in [6, 6.07) is 7.43. The summed E-state index contributed by atoms with van der Waals surface area (Å²) in [5.41, 5.74) is 0.638. The van der Waals surface area contributed by atoms with Gasteiger partial charge in [0.2, 0.25) is 0 Å². The lowest BCUT2D eigenvalue weighted by Gasteiger charge is -2.32. The van der Waals surface area contributed by atoms with E-state index in [9.17, 15) is 4.79 Å². The zero-order valence-electron chi connectivity index (χ0n) is 8.11. The molecule has 0 unspecified atom stereocenters. The summed E-state index contributed by atoms with van der Waals surface area (Å²) in [6.07, 6.45) is 1.08. The second-order valence-corrected chi connectivity index (χ2v) is 4.63. The molecule has 4 heteroatoms. The molecule has 1 aliphatic rings. The summed E-state index contributed by atoms with van der Waals surface area (Å²) in [5, 5.41) is 12.0. The maximum absolute atomic E-state index is 11.8. The fourth-order valence-electron chi connectivity index (χ4n) is 1.61. The van der Waals surface area contributed by atoms with E-state index in [1.165, 1.54) is 0 Å². The number of halogens is 1. The Morgan fingerprint density at radius 3 is 2.67 bits per heavy atom. The van der Waals surface area contributed by atoms with E-state index in [4.69, 9.17) is 5.11 Å². The first kappa shape index (κ1) is 10.6. The van der Waals surface area contributed by atoms with Crippen LogP contribution in [0.15, 0.2) is 28.7 Å². The molecule has 2 rings (SSSR count). The SMILES string of the molecule is O=C(NC1CC(O)C1)c1ccccc1Br. The van der Waals surface area contributed by atoms with Gasteiger partial charge in [0.05, 0.1) is 11.7 Å². The first-order valence-corrected chi connectivity index (χ1v) is 5.69. The summed E-state index contributed by atoms with van der Waals surface area (Å²) >= 11 is 3.33. The molecule has 0 heterocycles. The predicted octanol–water partition coefficient (Wildman–Crippen LogP) is 1.70. The molecule has 1 amide bonds. The maximum Gasteiger partial charge on any atom is 0.252 e. The maximum atomic E-state index is 11.8. The quantitative estimate of drug-likeness (QED) is 0.859. The van der Waals surface area contributed by atoms with Crippen molar-refractivity contribution in [1.82, 2.24) is 5.32 Å². The lowest BCUT2D eigenvalue weighted by molar-refractivity contribution is 0.0562. The third-order valence-electron chi connectivity index (χ3n) is 2.57. The minimum atomic E-state index is -0.241. The fourth-order valence-corrected chi connectivity index (χ4v) is 2.08. The molecular formula is C11H12BrNO2. The second-order valence-electron chi connectivity index (χ2n) is 3.78. The molecule has 3 nitrogen and oxygen atoms in total. The Kier molecular flexibility index (Phi) is 3.07. The van der Waals surface area contributed by atoms with Crippen LogP contribution in [0.2, 0.25) is 0 Å². The van der Waals surface area contributed by atoms with Crippen LogP contribution in [0.4, 0.5) is 0 Å². The van der Waals surface area contributed by atoms with Crippen LogP contribution in [0.5, 0.6) is 0 Å². The van der Waals surface area contributed by atoms with Crippen molar-refractivity contribution in [2.45, 2.75) is 25.0 Å². The minimum Gasteiger partial charge on any atom is -0.393 e. The van der Waals surface area contributed by atoms with E-state index in [1.54, 1.807) is 6.07 Å². The van der Waals surface area contributed by atoms with Crippen LogP contribution >= 0.6 is 15.9 Å². The summed E-state index contributed by atoms with van der Waals surface area (Å²) in [4.78, 5) is 11.8. The Labute approximate surface area is 96.6 Å². The third kappa shape index (κ3) is 2.38. The highest BCUT2D eigenvalue weighted by atomic mass is 79.9. The Balaban J connectivity index is 1.99. The van der Waals surface area contributed by atoms with E-state index in [0.717, 1.165) is 4.47 Å². The van der Waals surface area contributed by atoms with Crippen molar-refractivity contribution in [3.63, 3.8) is 0 Å². The first-order chi connectivity index (χ1) is 7.16. The van der Waals surface area contributed by atoms with Crippen LogP contribution in [0, 0.1) is 0 Å². The molecule has 0 bridgehead atoms. The Bertz CT molecular complexity index is 375. The third-order valence-corrected chi connectivity index (χ3v) is 3.26. The van der Waals surface area contributed by atoms with E-state index in [-0.39, 0.29) is 18.1 Å². The van der Waals surface area contributed by atoms with Crippen molar-refractivity contribution >= 4 is 21.8 Å². The van der Waals surface area contributed by atoms with Gasteiger partial charge < -0.3 is 10.4 Å². The van der Waals surface area contributed by atoms with Gasteiger partial charge in [0.25, 0.3) is 5.91 Å². The van der Waals surface area contributed by atoms with Gasteiger partial charge in [-0.25, -0.2) is 0 Å². The Hall–Kier alpha value is -0.870. The highest BCUT2D eigenvalue weighted by Gasteiger charge is 2.28. The van der Waals surface area contributed by atoms with Gasteiger partial charge in [-0.05, 0) is 40.9 Å². The van der Waals surface area contributed by atoms with Crippen LogP contribution in [0.3, 0.4) is 0 Å². The number of carbonyl (C=O) groups is 1. The number of hydrogen-bond donors (Lipinski definition) is 2. The van der Waals surface area contributed by atoms with Crippen LogP contribution in [-0.4, -0.2) is 23.2 Å². The number of carbonyl (C=O) groups excluding carboxylic acids is 1. The van der Waals surface area contributed by atoms with E-state index in [2.05, 4.69) is 21.2 Å². The summed E-state index contributed by atoms with van der Waals surface area (Å²) in [7, 11) is 0. The smallest absolute Gasteiger partial charge is 0.252 e. The molecule has 0 atom stereocenters. The molecule has 80 valence electrons. The molecule has 0 saturated heterocycles. The highest BCUT2D eigenvalue weighted by Crippen LogP contribution is 2.21. The topological polar surface area (TPSA) is 49.3 Å². The normalized spacial score (nSPS) is 24.4. The monoisotopic (exact) mass is 269 g/mol. The molecule has 1 aromatic carbocycles. The van der Waals surface area contributed by atoms with Crippen LogP contribution in [-0.2, 0) is 0 Å². The Morgan fingerprint density at radius 1 is 1.40 bits per heavy atom. The molecule has 1 fully saturated rings. The van der Waals surface area contributed by atoms with Gasteiger partial charge >= 0.3 is 0 Å². The standard InChI is InChI=1S/C11H12BrNO2/c12-10-4-2-1-3-9(10)11(15)13-7-5-8(14)6-7/h1-4,7-8,14H,5-6H2,(H,13,15). The minimum absolute atomic E-state index is 0.0839. The number of aliphatic hydroxyl groups is 1. The van der Waals surface area contributed by atoms with Crippen molar-refractivity contribution in [2.24, 2.45) is 0 Å². The molecular weight excluding hydrogens is 258 g/mol. The summed E-state index contributed by atoms with van der Waals surface area (Å²) in [5.74, 6) is -0.0839. The van der Waals surface area contributed by atoms with Gasteiger partial charge in [-0.2, -0.15) is 0 Å².